The SMILES string of the molecule is Cc1nc(Cn2ncc3cc(S(=O)(=O)c4ccn[nH]4)ccc3c2=O)ccc1F. The van der Waals surface area contributed by atoms with Crippen molar-refractivity contribution in [1.82, 2.24) is 25.0 Å². The van der Waals surface area contributed by atoms with E-state index >= 15 is 0 Å². The van der Waals surface area contributed by atoms with Crippen molar-refractivity contribution in [3.05, 3.63) is 76.4 Å². The number of nitrogens with one attached hydrogen (secondary N) is 1. The van der Waals surface area contributed by atoms with E-state index in [0.29, 0.717) is 16.5 Å². The molecule has 0 aliphatic heterocycles. The maximum absolute atomic E-state index is 13.4. The number of sulfone groups is 1. The number of aromatic amines is 1. The minimum Gasteiger partial charge on any atom is -0.267 e. The van der Waals surface area contributed by atoms with Gasteiger partial charge in [-0.05, 0) is 43.3 Å². The van der Waals surface area contributed by atoms with Gasteiger partial charge in [0.25, 0.3) is 5.56 Å². The predicted molar refractivity (Wildman–Crippen MR) is 98.1 cm³/mol. The summed E-state index contributed by atoms with van der Waals surface area (Å²) in [5, 5.41) is 10.9. The highest BCUT2D eigenvalue weighted by molar-refractivity contribution is 7.91. The molecule has 0 bridgehead atoms. The Hall–Kier alpha value is -3.40. The quantitative estimate of drug-likeness (QED) is 0.561. The van der Waals surface area contributed by atoms with Gasteiger partial charge in [-0.1, -0.05) is 0 Å². The fourth-order valence-corrected chi connectivity index (χ4v) is 4.00. The molecule has 3 heterocycles. The van der Waals surface area contributed by atoms with Crippen molar-refractivity contribution in [2.75, 3.05) is 0 Å². The van der Waals surface area contributed by atoms with Crippen LogP contribution in [0.2, 0.25) is 0 Å². The number of fused-ring (bicyclic) bond motifs is 1. The Balaban J connectivity index is 1.74. The predicted octanol–water partition coefficient (Wildman–Crippen LogP) is 1.84. The van der Waals surface area contributed by atoms with Crippen LogP contribution in [0, 0.1) is 12.7 Å². The van der Waals surface area contributed by atoms with E-state index in [2.05, 4.69) is 20.3 Å². The Morgan fingerprint density at radius 3 is 2.71 bits per heavy atom. The number of halogens is 1. The van der Waals surface area contributed by atoms with Gasteiger partial charge in [0.2, 0.25) is 9.84 Å². The monoisotopic (exact) mass is 399 g/mol. The Kier molecular flexibility index (Phi) is 4.27. The van der Waals surface area contributed by atoms with E-state index in [1.165, 1.54) is 60.4 Å². The van der Waals surface area contributed by atoms with Gasteiger partial charge in [0.05, 0.1) is 40.6 Å². The number of benzene rings is 1. The molecular weight excluding hydrogens is 385 g/mol. The van der Waals surface area contributed by atoms with Gasteiger partial charge in [0, 0.05) is 5.39 Å². The molecule has 1 aromatic carbocycles. The first-order valence-corrected chi connectivity index (χ1v) is 9.71. The van der Waals surface area contributed by atoms with Crippen molar-refractivity contribution in [3.8, 4) is 0 Å². The molecule has 0 spiro atoms. The molecule has 10 heteroatoms. The fraction of sp³-hybridized carbons (Fsp3) is 0.111. The van der Waals surface area contributed by atoms with Crippen LogP contribution in [0.3, 0.4) is 0 Å². The largest absolute Gasteiger partial charge is 0.274 e. The van der Waals surface area contributed by atoms with Gasteiger partial charge in [0.15, 0.2) is 5.03 Å². The van der Waals surface area contributed by atoms with Crippen LogP contribution in [-0.4, -0.2) is 33.4 Å². The molecule has 4 rings (SSSR count). The number of pyridine rings is 1. The Bertz CT molecular complexity index is 1350. The van der Waals surface area contributed by atoms with Gasteiger partial charge in [-0.15, -0.1) is 0 Å². The Labute approximate surface area is 158 Å². The first-order valence-electron chi connectivity index (χ1n) is 8.22. The van der Waals surface area contributed by atoms with E-state index < -0.39 is 21.2 Å². The molecular formula is C18H14FN5O3S. The highest BCUT2D eigenvalue weighted by Crippen LogP contribution is 2.21. The van der Waals surface area contributed by atoms with Crippen LogP contribution in [0.4, 0.5) is 4.39 Å². The number of H-pyrrole nitrogens is 1. The van der Waals surface area contributed by atoms with Crippen molar-refractivity contribution in [1.29, 1.82) is 0 Å². The number of aromatic nitrogens is 5. The number of aryl methyl sites for hydroxylation is 1. The molecule has 0 aliphatic rings. The zero-order valence-corrected chi connectivity index (χ0v) is 15.4. The van der Waals surface area contributed by atoms with Gasteiger partial charge in [0.1, 0.15) is 5.82 Å². The topological polar surface area (TPSA) is 111 Å². The van der Waals surface area contributed by atoms with Crippen LogP contribution in [0.5, 0.6) is 0 Å². The third-order valence-corrected chi connectivity index (χ3v) is 5.97. The second-order valence-electron chi connectivity index (χ2n) is 6.15. The zero-order chi connectivity index (χ0) is 19.9. The van der Waals surface area contributed by atoms with E-state index in [0.717, 1.165) is 0 Å². The highest BCUT2D eigenvalue weighted by atomic mass is 32.2. The summed E-state index contributed by atoms with van der Waals surface area (Å²) in [5.41, 5.74) is 0.332. The number of hydrogen-bond acceptors (Lipinski definition) is 6. The van der Waals surface area contributed by atoms with Gasteiger partial charge in [-0.3, -0.25) is 14.9 Å². The van der Waals surface area contributed by atoms with Crippen molar-refractivity contribution >= 4 is 20.6 Å². The van der Waals surface area contributed by atoms with E-state index in [-0.39, 0.29) is 22.2 Å². The molecule has 4 aromatic rings. The molecule has 28 heavy (non-hydrogen) atoms. The molecule has 0 radical (unpaired) electrons. The third-order valence-electron chi connectivity index (χ3n) is 4.29. The zero-order valence-electron chi connectivity index (χ0n) is 14.6. The maximum Gasteiger partial charge on any atom is 0.274 e. The lowest BCUT2D eigenvalue weighted by molar-refractivity contribution is 0.591. The van der Waals surface area contributed by atoms with Crippen molar-refractivity contribution in [3.63, 3.8) is 0 Å². The lowest BCUT2D eigenvalue weighted by Gasteiger charge is -2.08. The van der Waals surface area contributed by atoms with E-state index in [1.54, 1.807) is 0 Å². The summed E-state index contributed by atoms with van der Waals surface area (Å²) in [5.74, 6) is -0.423. The summed E-state index contributed by atoms with van der Waals surface area (Å²) >= 11 is 0. The molecule has 0 saturated carbocycles. The van der Waals surface area contributed by atoms with Crippen molar-refractivity contribution in [2.45, 2.75) is 23.4 Å². The summed E-state index contributed by atoms with van der Waals surface area (Å²) in [7, 11) is -3.77. The molecule has 1 N–H and O–H groups in total. The fourth-order valence-electron chi connectivity index (χ4n) is 2.80. The van der Waals surface area contributed by atoms with Crippen LogP contribution in [0.25, 0.3) is 10.8 Å². The van der Waals surface area contributed by atoms with Gasteiger partial charge in [-0.2, -0.15) is 10.2 Å². The second-order valence-corrected chi connectivity index (χ2v) is 8.07. The summed E-state index contributed by atoms with van der Waals surface area (Å²) in [6.45, 7) is 1.61. The molecule has 0 atom stereocenters. The first kappa shape index (κ1) is 18.0. The average molecular weight is 399 g/mol. The number of nitrogens with zero attached hydrogens (tertiary/aromatic N) is 4. The minimum atomic E-state index is -3.77. The lowest BCUT2D eigenvalue weighted by Crippen LogP contribution is -2.24. The molecule has 8 nitrogen and oxygen atoms in total. The standard InChI is InChI=1S/C18H14FN5O3S/c1-11-16(19)5-2-13(22-11)10-24-18(25)15-4-3-14(8-12(15)9-21-24)28(26,27)17-6-7-20-23-17/h2-9H,10H2,1H3,(H,20,23). The summed E-state index contributed by atoms with van der Waals surface area (Å²) in [6.07, 6.45) is 2.76. The van der Waals surface area contributed by atoms with E-state index in [1.807, 2.05) is 0 Å². The van der Waals surface area contributed by atoms with Crippen LogP contribution in [-0.2, 0) is 16.4 Å². The van der Waals surface area contributed by atoms with Crippen molar-refractivity contribution < 1.29 is 12.8 Å². The maximum atomic E-state index is 13.4. The lowest BCUT2D eigenvalue weighted by atomic mass is 10.2. The van der Waals surface area contributed by atoms with E-state index in [9.17, 15) is 17.6 Å². The number of rotatable bonds is 4. The summed E-state index contributed by atoms with van der Waals surface area (Å²) < 4.78 is 39.7. The van der Waals surface area contributed by atoms with Gasteiger partial charge in [-0.25, -0.2) is 17.5 Å². The molecule has 3 aromatic heterocycles. The van der Waals surface area contributed by atoms with Crippen LogP contribution in [0.1, 0.15) is 11.4 Å². The molecule has 0 fully saturated rings. The molecule has 142 valence electrons. The first-order chi connectivity index (χ1) is 13.4. The van der Waals surface area contributed by atoms with Crippen LogP contribution < -0.4 is 5.56 Å². The van der Waals surface area contributed by atoms with Crippen LogP contribution >= 0.6 is 0 Å². The highest BCUT2D eigenvalue weighted by Gasteiger charge is 2.20. The molecule has 0 saturated heterocycles. The van der Waals surface area contributed by atoms with Gasteiger partial charge < -0.3 is 0 Å². The summed E-state index contributed by atoms with van der Waals surface area (Å²) in [4.78, 5) is 16.8. The molecule has 0 unspecified atom stereocenters. The average Bonchev–Trinajstić information content (AvgIpc) is 3.22. The number of hydrogen-bond donors (Lipinski definition) is 1. The third kappa shape index (κ3) is 3.07. The second kappa shape index (κ2) is 6.64. The molecule has 0 aliphatic carbocycles. The molecule has 0 amide bonds. The van der Waals surface area contributed by atoms with E-state index in [4.69, 9.17) is 0 Å². The Morgan fingerprint density at radius 1 is 1.18 bits per heavy atom. The normalized spacial score (nSPS) is 11.8. The minimum absolute atomic E-state index is 0.0269. The Morgan fingerprint density at radius 2 is 2.00 bits per heavy atom. The smallest absolute Gasteiger partial charge is 0.267 e. The van der Waals surface area contributed by atoms with Crippen LogP contribution in [0.15, 0.2) is 63.5 Å². The van der Waals surface area contributed by atoms with Gasteiger partial charge >= 0.3 is 0 Å². The van der Waals surface area contributed by atoms with Crippen molar-refractivity contribution in [2.24, 2.45) is 0 Å². The summed E-state index contributed by atoms with van der Waals surface area (Å²) in [6, 6.07) is 8.34.